The summed E-state index contributed by atoms with van der Waals surface area (Å²) in [6, 6.07) is 16.3. The number of rotatable bonds is 0. The van der Waals surface area contributed by atoms with E-state index in [1.165, 1.54) is 0 Å². The lowest BCUT2D eigenvalue weighted by molar-refractivity contribution is 1.23. The molecule has 0 saturated heterocycles. The predicted octanol–water partition coefficient (Wildman–Crippen LogP) is 2.95. The lowest BCUT2D eigenvalue weighted by Gasteiger charge is -2.13. The molecule has 0 saturated carbocycles. The van der Waals surface area contributed by atoms with E-state index in [2.05, 4.69) is 4.98 Å². The Morgan fingerprint density at radius 2 is 1.35 bits per heavy atom. The van der Waals surface area contributed by atoms with Crippen LogP contribution in [0.5, 0.6) is 0 Å². The summed E-state index contributed by atoms with van der Waals surface area (Å²) >= 11 is 0. The fourth-order valence-electron chi connectivity index (χ4n) is 3.39. The molecule has 4 heteroatoms. The number of hydrogen-bond donors (Lipinski definition) is 0. The zero-order valence-electron chi connectivity index (χ0n) is 12.0. The van der Waals surface area contributed by atoms with Gasteiger partial charge in [0.25, 0.3) is 0 Å². The van der Waals surface area contributed by atoms with Crippen molar-refractivity contribution in [2.45, 2.75) is 0 Å². The van der Waals surface area contributed by atoms with Gasteiger partial charge in [-0.3, -0.25) is 14.0 Å². The van der Waals surface area contributed by atoms with Gasteiger partial charge < -0.3 is 0 Å². The number of para-hydroxylation sites is 2. The molecule has 108 valence electrons. The highest BCUT2D eigenvalue weighted by Gasteiger charge is 2.16. The van der Waals surface area contributed by atoms with Crippen LogP contribution in [0.25, 0.3) is 38.2 Å². The molecule has 0 bridgehead atoms. The maximum atomic E-state index is 12.8. The first-order valence-corrected chi connectivity index (χ1v) is 7.34. The van der Waals surface area contributed by atoms with Crippen LogP contribution in [-0.2, 0) is 0 Å². The fraction of sp³-hybridized carbons (Fsp3) is 0. The van der Waals surface area contributed by atoms with Gasteiger partial charge in [-0.2, -0.15) is 0 Å². The summed E-state index contributed by atoms with van der Waals surface area (Å²) in [5.41, 5.74) is 1.85. The third kappa shape index (κ3) is 1.42. The van der Waals surface area contributed by atoms with Gasteiger partial charge in [0.1, 0.15) is 5.65 Å². The van der Waals surface area contributed by atoms with Crippen LogP contribution in [0, 0.1) is 0 Å². The van der Waals surface area contributed by atoms with Gasteiger partial charge in [-0.15, -0.1) is 0 Å². The molecule has 0 spiro atoms. The van der Waals surface area contributed by atoms with Gasteiger partial charge in [0, 0.05) is 22.4 Å². The van der Waals surface area contributed by atoms with Crippen LogP contribution in [0.2, 0.25) is 0 Å². The number of nitrogens with zero attached hydrogens (tertiary/aromatic N) is 2. The van der Waals surface area contributed by atoms with E-state index in [9.17, 15) is 9.59 Å². The van der Waals surface area contributed by atoms with Crippen LogP contribution >= 0.6 is 0 Å². The zero-order valence-corrected chi connectivity index (χ0v) is 12.0. The van der Waals surface area contributed by atoms with Gasteiger partial charge in [0.2, 0.25) is 0 Å². The van der Waals surface area contributed by atoms with Crippen molar-refractivity contribution in [3.63, 3.8) is 0 Å². The molecule has 0 N–H and O–H groups in total. The number of pyridine rings is 3. The van der Waals surface area contributed by atoms with E-state index in [4.69, 9.17) is 0 Å². The molecule has 0 aliphatic carbocycles. The van der Waals surface area contributed by atoms with Gasteiger partial charge in [0.15, 0.2) is 10.9 Å². The molecule has 2 aromatic carbocycles. The van der Waals surface area contributed by atoms with E-state index < -0.39 is 0 Å². The largest absolute Gasteiger partial charge is 0.292 e. The second kappa shape index (κ2) is 4.14. The third-order valence-electron chi connectivity index (χ3n) is 4.38. The maximum absolute atomic E-state index is 12.8. The van der Waals surface area contributed by atoms with Gasteiger partial charge in [-0.05, 0) is 36.4 Å². The first kappa shape index (κ1) is 12.3. The van der Waals surface area contributed by atoms with Crippen LogP contribution in [0.4, 0.5) is 0 Å². The van der Waals surface area contributed by atoms with Gasteiger partial charge in [-0.1, -0.05) is 18.2 Å². The van der Waals surface area contributed by atoms with E-state index in [1.807, 2.05) is 28.7 Å². The van der Waals surface area contributed by atoms with Crippen molar-refractivity contribution in [1.29, 1.82) is 0 Å². The first-order valence-electron chi connectivity index (χ1n) is 7.34. The maximum Gasteiger partial charge on any atom is 0.198 e. The Balaban J connectivity index is 2.37. The number of fused-ring (bicyclic) bond motifs is 4. The number of benzene rings is 2. The van der Waals surface area contributed by atoms with Crippen molar-refractivity contribution >= 4 is 38.2 Å². The highest BCUT2D eigenvalue weighted by Crippen LogP contribution is 2.25. The molecule has 0 atom stereocenters. The molecule has 4 nitrogen and oxygen atoms in total. The van der Waals surface area contributed by atoms with Gasteiger partial charge in [0.05, 0.1) is 16.4 Å². The molecule has 0 fully saturated rings. The Morgan fingerprint density at radius 3 is 2.17 bits per heavy atom. The van der Waals surface area contributed by atoms with Crippen LogP contribution in [0.1, 0.15) is 0 Å². The average molecular weight is 298 g/mol. The minimum atomic E-state index is -0.0895. The van der Waals surface area contributed by atoms with Crippen molar-refractivity contribution in [2.24, 2.45) is 0 Å². The van der Waals surface area contributed by atoms with Crippen LogP contribution in [-0.4, -0.2) is 9.38 Å². The molecule has 3 heterocycles. The molecular weight excluding hydrogens is 288 g/mol. The second-order valence-electron chi connectivity index (χ2n) is 5.59. The molecule has 0 aliphatic rings. The lowest BCUT2D eigenvalue weighted by Crippen LogP contribution is -2.14. The highest BCUT2D eigenvalue weighted by molar-refractivity contribution is 6.06. The molecule has 5 aromatic rings. The fourth-order valence-corrected chi connectivity index (χ4v) is 3.39. The SMILES string of the molecule is O=c1c2ccccc2n2c3ncccc3c(=O)c3cccc1c32. The highest BCUT2D eigenvalue weighted by atomic mass is 16.1. The lowest BCUT2D eigenvalue weighted by atomic mass is 10.0. The quantitative estimate of drug-likeness (QED) is 0.326. The van der Waals surface area contributed by atoms with Crippen LogP contribution < -0.4 is 10.9 Å². The average Bonchev–Trinajstić information content (AvgIpc) is 2.61. The normalized spacial score (nSPS) is 11.8. The van der Waals surface area contributed by atoms with Crippen molar-refractivity contribution in [1.82, 2.24) is 9.38 Å². The Bertz CT molecular complexity index is 1250. The van der Waals surface area contributed by atoms with Crippen molar-refractivity contribution in [3.05, 3.63) is 81.2 Å². The Morgan fingerprint density at radius 1 is 0.696 bits per heavy atom. The summed E-state index contributed by atoms with van der Waals surface area (Å²) in [4.78, 5) is 30.0. The predicted molar refractivity (Wildman–Crippen MR) is 91.4 cm³/mol. The Kier molecular flexibility index (Phi) is 2.21. The molecule has 5 rings (SSSR count). The molecule has 23 heavy (non-hydrogen) atoms. The second-order valence-corrected chi connectivity index (χ2v) is 5.59. The van der Waals surface area contributed by atoms with E-state index in [1.54, 1.807) is 36.5 Å². The van der Waals surface area contributed by atoms with Gasteiger partial charge >= 0.3 is 0 Å². The summed E-state index contributed by atoms with van der Waals surface area (Å²) in [6.07, 6.45) is 1.67. The van der Waals surface area contributed by atoms with Gasteiger partial charge in [-0.25, -0.2) is 4.98 Å². The van der Waals surface area contributed by atoms with Crippen molar-refractivity contribution in [3.8, 4) is 0 Å². The van der Waals surface area contributed by atoms with Crippen LogP contribution in [0.15, 0.2) is 70.4 Å². The monoisotopic (exact) mass is 298 g/mol. The summed E-state index contributed by atoms with van der Waals surface area (Å²) in [6.45, 7) is 0. The van der Waals surface area contributed by atoms with E-state index in [0.717, 1.165) is 5.52 Å². The minimum Gasteiger partial charge on any atom is -0.292 e. The molecule has 0 unspecified atom stereocenters. The molecule has 3 aromatic heterocycles. The standard InChI is InChI=1S/C19H10N2O2/c22-17-11-5-1-2-9-15(11)21-16-12(17)6-3-7-13(16)18(23)14-8-4-10-20-19(14)21/h1-10H. The van der Waals surface area contributed by atoms with Crippen LogP contribution in [0.3, 0.4) is 0 Å². The summed E-state index contributed by atoms with van der Waals surface area (Å²) in [5.74, 6) is 0. The van der Waals surface area contributed by atoms with E-state index in [0.29, 0.717) is 32.7 Å². The van der Waals surface area contributed by atoms with Crippen molar-refractivity contribution < 1.29 is 0 Å². The topological polar surface area (TPSA) is 51.4 Å². The number of hydrogen-bond acceptors (Lipinski definition) is 3. The molecular formula is C19H10N2O2. The Labute approximate surface area is 129 Å². The van der Waals surface area contributed by atoms with E-state index in [-0.39, 0.29) is 10.9 Å². The first-order chi connectivity index (χ1) is 11.3. The summed E-state index contributed by atoms with van der Waals surface area (Å²) < 4.78 is 1.93. The number of aromatic nitrogens is 2. The third-order valence-corrected chi connectivity index (χ3v) is 4.38. The minimum absolute atomic E-state index is 0.0547. The summed E-state index contributed by atoms with van der Waals surface area (Å²) in [5, 5.41) is 2.28. The molecule has 0 amide bonds. The summed E-state index contributed by atoms with van der Waals surface area (Å²) in [7, 11) is 0. The smallest absolute Gasteiger partial charge is 0.198 e. The Hall–Kier alpha value is -3.27. The zero-order chi connectivity index (χ0) is 15.6. The molecule has 0 aliphatic heterocycles. The van der Waals surface area contributed by atoms with Crippen molar-refractivity contribution in [2.75, 3.05) is 0 Å². The molecule has 0 radical (unpaired) electrons. The van der Waals surface area contributed by atoms with E-state index >= 15 is 0 Å².